The smallest absolute Gasteiger partial charge is 0.142 e. The third-order valence-corrected chi connectivity index (χ3v) is 3.98. The second-order valence-corrected chi connectivity index (χ2v) is 5.24. The molecule has 0 heterocycles. The van der Waals surface area contributed by atoms with Gasteiger partial charge in [0.05, 0.1) is 6.10 Å². The summed E-state index contributed by atoms with van der Waals surface area (Å²) >= 11 is 1.38. The summed E-state index contributed by atoms with van der Waals surface area (Å²) in [5.74, 6) is -0.136. The highest BCUT2D eigenvalue weighted by Crippen LogP contribution is 2.33. The number of rotatable bonds is 5. The third kappa shape index (κ3) is 3.23. The molecule has 17 heavy (non-hydrogen) atoms. The van der Waals surface area contributed by atoms with Crippen LogP contribution in [0.2, 0.25) is 0 Å². The summed E-state index contributed by atoms with van der Waals surface area (Å²) in [6.07, 6.45) is 2.88. The van der Waals surface area contributed by atoms with Crippen LogP contribution in [-0.4, -0.2) is 11.4 Å². The first kappa shape index (κ1) is 14.5. The zero-order valence-electron chi connectivity index (χ0n) is 11.0. The Morgan fingerprint density at radius 1 is 1.29 bits per heavy atom. The normalized spacial score (nSPS) is 13.1. The van der Waals surface area contributed by atoms with Gasteiger partial charge in [0, 0.05) is 10.5 Å². The number of thioether (sulfide) groups is 1. The van der Waals surface area contributed by atoms with Crippen molar-refractivity contribution in [2.24, 2.45) is 5.92 Å². The second-order valence-electron chi connectivity index (χ2n) is 4.39. The van der Waals surface area contributed by atoms with Gasteiger partial charge in [-0.1, -0.05) is 32.8 Å². The first-order valence-electron chi connectivity index (χ1n) is 6.07. The molecule has 3 heteroatoms. The summed E-state index contributed by atoms with van der Waals surface area (Å²) in [5, 5.41) is 10.3. The molecule has 0 fully saturated rings. The molecule has 0 aromatic heterocycles. The van der Waals surface area contributed by atoms with E-state index in [0.717, 1.165) is 18.4 Å². The van der Waals surface area contributed by atoms with Crippen LogP contribution in [-0.2, 0) is 0 Å². The van der Waals surface area contributed by atoms with E-state index >= 15 is 0 Å². The second kappa shape index (κ2) is 6.41. The summed E-state index contributed by atoms with van der Waals surface area (Å²) in [5.41, 5.74) is 1.44. The monoisotopic (exact) mass is 256 g/mol. The lowest BCUT2D eigenvalue weighted by Gasteiger charge is -2.22. The third-order valence-electron chi connectivity index (χ3n) is 3.25. The van der Waals surface area contributed by atoms with Gasteiger partial charge in [0.2, 0.25) is 0 Å². The fraction of sp³-hybridized carbons (Fsp3) is 0.571. The van der Waals surface area contributed by atoms with Gasteiger partial charge in [0.25, 0.3) is 0 Å². The van der Waals surface area contributed by atoms with Gasteiger partial charge in [-0.3, -0.25) is 0 Å². The fourth-order valence-corrected chi connectivity index (χ4v) is 2.72. The van der Waals surface area contributed by atoms with Crippen molar-refractivity contribution in [1.29, 1.82) is 0 Å². The molecule has 96 valence electrons. The van der Waals surface area contributed by atoms with Crippen molar-refractivity contribution in [1.82, 2.24) is 0 Å². The largest absolute Gasteiger partial charge is 0.388 e. The maximum Gasteiger partial charge on any atom is 0.142 e. The molecule has 0 amide bonds. The molecule has 0 saturated carbocycles. The molecular weight excluding hydrogens is 235 g/mol. The Labute approximate surface area is 107 Å². The van der Waals surface area contributed by atoms with Gasteiger partial charge in [-0.05, 0) is 30.7 Å². The van der Waals surface area contributed by atoms with E-state index in [1.807, 2.05) is 33.1 Å². The minimum atomic E-state index is -0.698. The predicted molar refractivity (Wildman–Crippen MR) is 71.9 cm³/mol. The number of hydrogen-bond acceptors (Lipinski definition) is 2. The van der Waals surface area contributed by atoms with Crippen LogP contribution >= 0.6 is 11.8 Å². The molecule has 0 radical (unpaired) electrons. The molecule has 1 rings (SSSR count). The lowest BCUT2D eigenvalue weighted by Crippen LogP contribution is -2.13. The minimum absolute atomic E-state index is 0.126. The summed E-state index contributed by atoms with van der Waals surface area (Å²) in [6, 6.07) is 3.58. The number of benzene rings is 1. The molecule has 1 nitrogen and oxygen atoms in total. The molecule has 0 aliphatic rings. The van der Waals surface area contributed by atoms with Crippen molar-refractivity contribution < 1.29 is 9.50 Å². The van der Waals surface area contributed by atoms with Crippen LogP contribution in [0.25, 0.3) is 0 Å². The van der Waals surface area contributed by atoms with Crippen LogP contribution in [0.3, 0.4) is 0 Å². The fourth-order valence-electron chi connectivity index (χ4n) is 2.12. The predicted octanol–water partition coefficient (Wildman–Crippen LogP) is 4.33. The van der Waals surface area contributed by atoms with E-state index in [9.17, 15) is 9.50 Å². The van der Waals surface area contributed by atoms with Crippen molar-refractivity contribution >= 4 is 11.8 Å². The molecule has 0 spiro atoms. The summed E-state index contributed by atoms with van der Waals surface area (Å²) in [6.45, 7) is 5.99. The van der Waals surface area contributed by atoms with Crippen LogP contribution in [0, 0.1) is 18.7 Å². The van der Waals surface area contributed by atoms with Crippen LogP contribution < -0.4 is 0 Å². The van der Waals surface area contributed by atoms with E-state index in [-0.39, 0.29) is 11.7 Å². The molecule has 1 N–H and O–H groups in total. The average molecular weight is 256 g/mol. The molecule has 0 bridgehead atoms. The number of halogens is 1. The zero-order chi connectivity index (χ0) is 13.0. The average Bonchev–Trinajstić information content (AvgIpc) is 2.33. The van der Waals surface area contributed by atoms with Gasteiger partial charge < -0.3 is 5.11 Å². The Morgan fingerprint density at radius 2 is 1.88 bits per heavy atom. The summed E-state index contributed by atoms with van der Waals surface area (Å²) in [4.78, 5) is 0.616. The topological polar surface area (TPSA) is 20.2 Å². The molecule has 1 aromatic carbocycles. The van der Waals surface area contributed by atoms with E-state index in [0.29, 0.717) is 10.5 Å². The van der Waals surface area contributed by atoms with E-state index in [4.69, 9.17) is 0 Å². The lowest BCUT2D eigenvalue weighted by molar-refractivity contribution is 0.0990. The van der Waals surface area contributed by atoms with E-state index in [2.05, 4.69) is 0 Å². The highest BCUT2D eigenvalue weighted by molar-refractivity contribution is 7.98. The maximum absolute atomic E-state index is 14.2. The van der Waals surface area contributed by atoms with Crippen LogP contribution in [0.5, 0.6) is 0 Å². The molecule has 1 unspecified atom stereocenters. The summed E-state index contributed by atoms with van der Waals surface area (Å²) in [7, 11) is 0. The molecule has 1 aromatic rings. The molecule has 1 atom stereocenters. The van der Waals surface area contributed by atoms with Gasteiger partial charge in [-0.15, -0.1) is 11.8 Å². The highest BCUT2D eigenvalue weighted by Gasteiger charge is 2.22. The Bertz CT molecular complexity index is 375. The first-order chi connectivity index (χ1) is 8.04. The first-order valence-corrected chi connectivity index (χ1v) is 7.29. The Hall–Kier alpha value is -0.540. The van der Waals surface area contributed by atoms with Gasteiger partial charge in [-0.25, -0.2) is 4.39 Å². The van der Waals surface area contributed by atoms with Crippen LogP contribution in [0.15, 0.2) is 17.0 Å². The van der Waals surface area contributed by atoms with E-state index in [1.54, 1.807) is 6.07 Å². The number of aliphatic hydroxyl groups is 1. The zero-order valence-corrected chi connectivity index (χ0v) is 11.8. The van der Waals surface area contributed by atoms with Gasteiger partial charge >= 0.3 is 0 Å². The Balaban J connectivity index is 3.16. The molecular formula is C14H21FOS. The maximum atomic E-state index is 14.2. The SMILES string of the molecule is CCC(CC)C(O)c1cc(C)cc(SC)c1F. The van der Waals surface area contributed by atoms with E-state index < -0.39 is 6.10 Å². The quantitative estimate of drug-likeness (QED) is 0.791. The van der Waals surface area contributed by atoms with Crippen molar-refractivity contribution in [3.05, 3.63) is 29.1 Å². The van der Waals surface area contributed by atoms with Crippen molar-refractivity contribution in [3.63, 3.8) is 0 Å². The molecule has 0 saturated heterocycles. The minimum Gasteiger partial charge on any atom is -0.388 e. The number of aryl methyl sites for hydroxylation is 1. The van der Waals surface area contributed by atoms with Crippen molar-refractivity contribution in [2.75, 3.05) is 6.26 Å². The van der Waals surface area contributed by atoms with Crippen LogP contribution in [0.4, 0.5) is 4.39 Å². The number of hydrogen-bond donors (Lipinski definition) is 1. The van der Waals surface area contributed by atoms with Gasteiger partial charge in [-0.2, -0.15) is 0 Å². The van der Waals surface area contributed by atoms with Crippen molar-refractivity contribution in [3.8, 4) is 0 Å². The summed E-state index contributed by atoms with van der Waals surface area (Å²) < 4.78 is 14.2. The van der Waals surface area contributed by atoms with Gasteiger partial charge in [0.15, 0.2) is 0 Å². The van der Waals surface area contributed by atoms with Crippen molar-refractivity contribution in [2.45, 2.75) is 44.6 Å². The molecule has 0 aliphatic heterocycles. The molecule has 0 aliphatic carbocycles. The standard InChI is InChI=1S/C14H21FOS/c1-5-10(6-2)14(16)11-7-9(3)8-12(17-4)13(11)15/h7-8,10,14,16H,5-6H2,1-4H3. The number of aliphatic hydroxyl groups excluding tert-OH is 1. The Morgan fingerprint density at radius 3 is 2.35 bits per heavy atom. The van der Waals surface area contributed by atoms with Crippen LogP contribution in [0.1, 0.15) is 43.9 Å². The van der Waals surface area contributed by atoms with E-state index in [1.165, 1.54) is 11.8 Å². The highest BCUT2D eigenvalue weighted by atomic mass is 32.2. The van der Waals surface area contributed by atoms with Gasteiger partial charge in [0.1, 0.15) is 5.82 Å². The lowest BCUT2D eigenvalue weighted by atomic mass is 9.90. The Kier molecular flexibility index (Phi) is 5.47.